The van der Waals surface area contributed by atoms with Gasteiger partial charge in [-0.2, -0.15) is 0 Å². The Bertz CT molecular complexity index is 699. The fraction of sp³-hybridized carbons (Fsp3) is 0.821. The second-order valence-corrected chi connectivity index (χ2v) is 11.7. The fourth-order valence-corrected chi connectivity index (χ4v) is 8.03. The molecule has 0 aromatic rings. The van der Waals surface area contributed by atoms with Crippen molar-refractivity contribution in [3.05, 3.63) is 23.3 Å². The third kappa shape index (κ3) is 3.59. The molecule has 3 unspecified atom stereocenters. The lowest BCUT2D eigenvalue weighted by molar-refractivity contribution is -0.116. The molecule has 4 aliphatic carbocycles. The Labute approximate surface area is 179 Å². The summed E-state index contributed by atoms with van der Waals surface area (Å²) in [5, 5.41) is 0. The zero-order valence-electron chi connectivity index (χ0n) is 19.7. The normalized spacial score (nSPS) is 41.0. The van der Waals surface area contributed by atoms with Crippen molar-refractivity contribution in [2.75, 3.05) is 0 Å². The van der Waals surface area contributed by atoms with Gasteiger partial charge in [0.2, 0.25) is 0 Å². The highest BCUT2D eigenvalue weighted by atomic mass is 16.1. The van der Waals surface area contributed by atoms with Crippen LogP contribution in [-0.4, -0.2) is 5.78 Å². The molecule has 0 amide bonds. The first-order valence-corrected chi connectivity index (χ1v) is 12.7. The summed E-state index contributed by atoms with van der Waals surface area (Å²) >= 11 is 0. The molecule has 0 aromatic carbocycles. The van der Waals surface area contributed by atoms with Gasteiger partial charge in [-0.1, -0.05) is 77.5 Å². The average molecular weight is 397 g/mol. The van der Waals surface area contributed by atoms with Gasteiger partial charge in [-0.15, -0.1) is 0 Å². The van der Waals surface area contributed by atoms with E-state index < -0.39 is 0 Å². The molecule has 0 spiro atoms. The quantitative estimate of drug-likeness (QED) is 0.417. The molecule has 0 aromatic heterocycles. The van der Waals surface area contributed by atoms with Crippen LogP contribution in [0.1, 0.15) is 105 Å². The van der Waals surface area contributed by atoms with Crippen LogP contribution in [-0.2, 0) is 4.79 Å². The Morgan fingerprint density at radius 2 is 1.86 bits per heavy atom. The third-order valence-electron chi connectivity index (χ3n) is 10.2. The highest BCUT2D eigenvalue weighted by Crippen LogP contribution is 2.66. The summed E-state index contributed by atoms with van der Waals surface area (Å²) in [7, 11) is 0. The molecule has 0 radical (unpaired) electrons. The summed E-state index contributed by atoms with van der Waals surface area (Å²) in [6.45, 7) is 12.4. The van der Waals surface area contributed by atoms with E-state index in [2.05, 4.69) is 40.7 Å². The summed E-state index contributed by atoms with van der Waals surface area (Å²) in [5.41, 5.74) is 4.03. The molecule has 4 rings (SSSR count). The number of carbonyl (C=O) groups excluding carboxylic acids is 1. The molecule has 0 saturated heterocycles. The van der Waals surface area contributed by atoms with Crippen LogP contribution in [0.3, 0.4) is 0 Å². The van der Waals surface area contributed by atoms with Crippen LogP contribution >= 0.6 is 0 Å². The van der Waals surface area contributed by atoms with Gasteiger partial charge in [-0.05, 0) is 85.0 Å². The van der Waals surface area contributed by atoms with Crippen molar-refractivity contribution in [3.63, 3.8) is 0 Å². The van der Waals surface area contributed by atoms with Crippen molar-refractivity contribution in [3.8, 4) is 0 Å². The summed E-state index contributed by atoms with van der Waals surface area (Å²) in [6.07, 6.45) is 18.6. The van der Waals surface area contributed by atoms with E-state index in [0.717, 1.165) is 42.9 Å². The number of allylic oxidation sites excluding steroid dienone is 4. The molecule has 0 bridgehead atoms. The maximum atomic E-state index is 12.0. The number of fused-ring (bicyclic) bond motifs is 5. The van der Waals surface area contributed by atoms with E-state index in [1.54, 1.807) is 0 Å². The third-order valence-corrected chi connectivity index (χ3v) is 10.2. The molecule has 7 atom stereocenters. The van der Waals surface area contributed by atoms with Crippen LogP contribution in [0.2, 0.25) is 0 Å². The minimum absolute atomic E-state index is 0.263. The number of ketones is 1. The molecule has 2 saturated carbocycles. The van der Waals surface area contributed by atoms with Gasteiger partial charge >= 0.3 is 0 Å². The summed E-state index contributed by atoms with van der Waals surface area (Å²) < 4.78 is 0. The van der Waals surface area contributed by atoms with Gasteiger partial charge in [-0.3, -0.25) is 4.79 Å². The molecule has 162 valence electrons. The van der Waals surface area contributed by atoms with Crippen molar-refractivity contribution >= 4 is 5.78 Å². The van der Waals surface area contributed by atoms with Crippen LogP contribution in [0.25, 0.3) is 0 Å². The molecule has 0 heterocycles. The van der Waals surface area contributed by atoms with Crippen molar-refractivity contribution in [1.29, 1.82) is 0 Å². The van der Waals surface area contributed by atoms with Crippen molar-refractivity contribution in [2.24, 2.45) is 40.4 Å². The second kappa shape index (κ2) is 8.01. The van der Waals surface area contributed by atoms with E-state index in [1.807, 2.05) is 11.6 Å². The first kappa shape index (κ1) is 21.4. The van der Waals surface area contributed by atoms with E-state index in [0.29, 0.717) is 17.1 Å². The maximum absolute atomic E-state index is 12.0. The van der Waals surface area contributed by atoms with Gasteiger partial charge < -0.3 is 0 Å². The molecule has 4 aliphatic rings. The molecule has 0 N–H and O–H groups in total. The molecule has 0 aliphatic heterocycles. The molecular formula is C28H44O. The summed E-state index contributed by atoms with van der Waals surface area (Å²) in [6, 6.07) is 0. The van der Waals surface area contributed by atoms with E-state index in [4.69, 9.17) is 0 Å². The molecular weight excluding hydrogens is 352 g/mol. The van der Waals surface area contributed by atoms with Crippen LogP contribution in [0.5, 0.6) is 0 Å². The topological polar surface area (TPSA) is 17.1 Å². The zero-order chi connectivity index (χ0) is 20.8. The van der Waals surface area contributed by atoms with Crippen LogP contribution in [0.15, 0.2) is 23.3 Å². The number of hydrogen-bond acceptors (Lipinski definition) is 1. The van der Waals surface area contributed by atoms with E-state index in [-0.39, 0.29) is 5.41 Å². The van der Waals surface area contributed by atoms with Gasteiger partial charge in [0.25, 0.3) is 0 Å². The summed E-state index contributed by atoms with van der Waals surface area (Å²) in [5.74, 6) is 4.54. The molecule has 1 heteroatoms. The molecule has 2 fully saturated rings. The number of rotatable bonds is 6. The minimum Gasteiger partial charge on any atom is -0.295 e. The van der Waals surface area contributed by atoms with Gasteiger partial charge in [0, 0.05) is 6.42 Å². The predicted molar refractivity (Wildman–Crippen MR) is 123 cm³/mol. The first-order chi connectivity index (χ1) is 13.8. The SMILES string of the molecule is CC[C@@H](C)CCCC(C)[C@H]1CCC2C3=CCC4=CC(=O)CC[C@]4(C)C3CC[C@@]21C. The lowest BCUT2D eigenvalue weighted by Crippen LogP contribution is -2.46. The molecule has 29 heavy (non-hydrogen) atoms. The summed E-state index contributed by atoms with van der Waals surface area (Å²) in [4.78, 5) is 12.0. The van der Waals surface area contributed by atoms with Crippen molar-refractivity contribution in [1.82, 2.24) is 0 Å². The van der Waals surface area contributed by atoms with Crippen molar-refractivity contribution < 1.29 is 4.79 Å². The highest BCUT2D eigenvalue weighted by molar-refractivity contribution is 5.91. The predicted octanol–water partition coefficient (Wildman–Crippen LogP) is 7.91. The van der Waals surface area contributed by atoms with Crippen LogP contribution in [0, 0.1) is 40.4 Å². The van der Waals surface area contributed by atoms with Gasteiger partial charge in [-0.25, -0.2) is 0 Å². The van der Waals surface area contributed by atoms with Gasteiger partial charge in [0.1, 0.15) is 0 Å². The second-order valence-electron chi connectivity index (χ2n) is 11.7. The lowest BCUT2D eigenvalue weighted by Gasteiger charge is -2.55. The Balaban J connectivity index is 1.50. The van der Waals surface area contributed by atoms with E-state index in [1.165, 1.54) is 56.9 Å². The number of hydrogen-bond donors (Lipinski definition) is 0. The van der Waals surface area contributed by atoms with Gasteiger partial charge in [0.15, 0.2) is 5.78 Å². The van der Waals surface area contributed by atoms with Crippen LogP contribution in [0.4, 0.5) is 0 Å². The zero-order valence-corrected chi connectivity index (χ0v) is 19.7. The Morgan fingerprint density at radius 3 is 2.62 bits per heavy atom. The van der Waals surface area contributed by atoms with Gasteiger partial charge in [0.05, 0.1) is 0 Å². The minimum atomic E-state index is 0.263. The Morgan fingerprint density at radius 1 is 1.07 bits per heavy atom. The average Bonchev–Trinajstić information content (AvgIpc) is 3.05. The highest BCUT2D eigenvalue weighted by Gasteiger charge is 2.56. The fourth-order valence-electron chi connectivity index (χ4n) is 8.03. The monoisotopic (exact) mass is 396 g/mol. The smallest absolute Gasteiger partial charge is 0.155 e. The number of carbonyl (C=O) groups is 1. The van der Waals surface area contributed by atoms with Crippen molar-refractivity contribution in [2.45, 2.75) is 105 Å². The Hall–Kier alpha value is -0.850. The van der Waals surface area contributed by atoms with Crippen LogP contribution < -0.4 is 0 Å². The largest absolute Gasteiger partial charge is 0.295 e. The standard InChI is InChI=1S/C28H44O/c1-6-19(2)8-7-9-20(3)24-12-13-25-23-11-10-21-18-22(29)14-16-27(21,4)26(23)15-17-28(24,25)5/h11,18-20,24-26H,6-10,12-17H2,1-5H3/t19-,20?,24-,25?,26?,27+,28-/m1/s1. The Kier molecular flexibility index (Phi) is 5.91. The lowest BCUT2D eigenvalue weighted by atomic mass is 9.50. The van der Waals surface area contributed by atoms with E-state index >= 15 is 0 Å². The molecule has 1 nitrogen and oxygen atoms in total. The maximum Gasteiger partial charge on any atom is 0.155 e. The first-order valence-electron chi connectivity index (χ1n) is 12.7. The van der Waals surface area contributed by atoms with E-state index in [9.17, 15) is 4.79 Å².